The average molecular weight is 243 g/mol. The molecule has 2 heteroatoms. The molecule has 2 rings (SSSR count). The molecular formula is C16H21NO. The zero-order chi connectivity index (χ0) is 13.5. The van der Waals surface area contributed by atoms with Crippen LogP contribution in [0.2, 0.25) is 0 Å². The predicted octanol–water partition coefficient (Wildman–Crippen LogP) is 4.34. The number of hydrogen-bond donors (Lipinski definition) is 0. The summed E-state index contributed by atoms with van der Waals surface area (Å²) < 4.78 is 6.05. The molecule has 0 N–H and O–H groups in total. The monoisotopic (exact) mass is 243 g/mol. The number of nitrogens with zero attached hydrogens (tertiary/aromatic N) is 1. The molecule has 0 saturated heterocycles. The molecule has 0 bridgehead atoms. The van der Waals surface area contributed by atoms with Gasteiger partial charge in [0.1, 0.15) is 11.4 Å². The minimum atomic E-state index is -0.195. The van der Waals surface area contributed by atoms with Crippen molar-refractivity contribution in [2.45, 2.75) is 47.1 Å². The fourth-order valence-electron chi connectivity index (χ4n) is 2.03. The highest BCUT2D eigenvalue weighted by Gasteiger charge is 2.15. The Morgan fingerprint density at radius 2 is 1.72 bits per heavy atom. The van der Waals surface area contributed by atoms with Crippen LogP contribution in [0.1, 0.15) is 37.6 Å². The van der Waals surface area contributed by atoms with Crippen molar-refractivity contribution in [2.75, 3.05) is 0 Å². The number of hydrogen-bond acceptors (Lipinski definition) is 2. The summed E-state index contributed by atoms with van der Waals surface area (Å²) in [4.78, 5) is 4.65. The van der Waals surface area contributed by atoms with Crippen LogP contribution in [0, 0.1) is 20.8 Å². The van der Waals surface area contributed by atoms with E-state index in [2.05, 4.69) is 51.7 Å². The van der Waals surface area contributed by atoms with Crippen molar-refractivity contribution >= 4 is 10.9 Å². The van der Waals surface area contributed by atoms with Gasteiger partial charge in [-0.25, -0.2) is 0 Å². The van der Waals surface area contributed by atoms with E-state index in [1.54, 1.807) is 0 Å². The molecule has 0 aliphatic heterocycles. The van der Waals surface area contributed by atoms with Crippen molar-refractivity contribution in [1.82, 2.24) is 4.98 Å². The summed E-state index contributed by atoms with van der Waals surface area (Å²) in [5.74, 6) is 0.924. The van der Waals surface area contributed by atoms with Gasteiger partial charge in [-0.15, -0.1) is 0 Å². The number of aryl methyl sites for hydroxylation is 3. The highest BCUT2D eigenvalue weighted by Crippen LogP contribution is 2.31. The molecule has 0 unspecified atom stereocenters. The Kier molecular flexibility index (Phi) is 3.05. The first-order valence-corrected chi connectivity index (χ1v) is 6.34. The largest absolute Gasteiger partial charge is 0.487 e. The summed E-state index contributed by atoms with van der Waals surface area (Å²) in [5, 5.41) is 1.10. The van der Waals surface area contributed by atoms with Crippen molar-refractivity contribution in [3.05, 3.63) is 35.0 Å². The van der Waals surface area contributed by atoms with Crippen LogP contribution >= 0.6 is 0 Å². The van der Waals surface area contributed by atoms with Gasteiger partial charge in [0.25, 0.3) is 0 Å². The molecule has 18 heavy (non-hydrogen) atoms. The summed E-state index contributed by atoms with van der Waals surface area (Å²) in [6, 6.07) is 6.25. The maximum Gasteiger partial charge on any atom is 0.131 e. The summed E-state index contributed by atoms with van der Waals surface area (Å²) in [6.07, 6.45) is 0. The van der Waals surface area contributed by atoms with Crippen LogP contribution in [0.4, 0.5) is 0 Å². The van der Waals surface area contributed by atoms with Gasteiger partial charge in [0.2, 0.25) is 0 Å². The van der Waals surface area contributed by atoms with Crippen molar-refractivity contribution in [3.8, 4) is 5.75 Å². The van der Waals surface area contributed by atoms with Crippen LogP contribution in [-0.2, 0) is 0 Å². The standard InChI is InChI=1S/C16H21NO/c1-10-7-8-13-14(18-16(4,5)6)9-11(2)17-15(13)12(10)3/h7-9H,1-6H3. The van der Waals surface area contributed by atoms with Gasteiger partial charge in [-0.1, -0.05) is 6.07 Å². The third-order valence-corrected chi connectivity index (χ3v) is 3.01. The van der Waals surface area contributed by atoms with Gasteiger partial charge in [0.05, 0.1) is 5.52 Å². The molecule has 0 amide bonds. The lowest BCUT2D eigenvalue weighted by atomic mass is 10.0. The Morgan fingerprint density at radius 3 is 2.33 bits per heavy atom. The van der Waals surface area contributed by atoms with Crippen LogP contribution in [0.5, 0.6) is 5.75 Å². The quantitative estimate of drug-likeness (QED) is 0.743. The third-order valence-electron chi connectivity index (χ3n) is 3.01. The highest BCUT2D eigenvalue weighted by molar-refractivity contribution is 5.88. The second-order valence-electron chi connectivity index (χ2n) is 5.88. The zero-order valence-corrected chi connectivity index (χ0v) is 12.1. The first-order valence-electron chi connectivity index (χ1n) is 6.34. The number of rotatable bonds is 1. The van der Waals surface area contributed by atoms with Crippen molar-refractivity contribution in [1.29, 1.82) is 0 Å². The SMILES string of the molecule is Cc1cc(OC(C)(C)C)c2ccc(C)c(C)c2n1. The van der Waals surface area contributed by atoms with Gasteiger partial charge in [-0.2, -0.15) is 0 Å². The normalized spacial score (nSPS) is 11.9. The molecule has 2 aromatic rings. The van der Waals surface area contributed by atoms with Gasteiger partial charge in [-0.3, -0.25) is 4.98 Å². The van der Waals surface area contributed by atoms with Gasteiger partial charge < -0.3 is 4.74 Å². The van der Waals surface area contributed by atoms with Crippen LogP contribution < -0.4 is 4.74 Å². The maximum absolute atomic E-state index is 6.05. The third kappa shape index (κ3) is 2.47. The van der Waals surface area contributed by atoms with E-state index in [1.165, 1.54) is 11.1 Å². The first-order chi connectivity index (χ1) is 8.28. The van der Waals surface area contributed by atoms with Crippen molar-refractivity contribution in [3.63, 3.8) is 0 Å². The second-order valence-corrected chi connectivity index (χ2v) is 5.88. The number of fused-ring (bicyclic) bond motifs is 1. The van der Waals surface area contributed by atoms with E-state index in [4.69, 9.17) is 4.74 Å². The summed E-state index contributed by atoms with van der Waals surface area (Å²) in [6.45, 7) is 12.4. The lowest BCUT2D eigenvalue weighted by Crippen LogP contribution is -2.23. The van der Waals surface area contributed by atoms with E-state index in [0.29, 0.717) is 0 Å². The highest BCUT2D eigenvalue weighted by atomic mass is 16.5. The Labute approximate surface area is 109 Å². The molecule has 1 aromatic heterocycles. The maximum atomic E-state index is 6.05. The van der Waals surface area contributed by atoms with E-state index in [-0.39, 0.29) is 5.60 Å². The number of benzene rings is 1. The van der Waals surface area contributed by atoms with Gasteiger partial charge in [-0.05, 0) is 58.7 Å². The van der Waals surface area contributed by atoms with E-state index < -0.39 is 0 Å². The van der Waals surface area contributed by atoms with Crippen molar-refractivity contribution < 1.29 is 4.74 Å². The van der Waals surface area contributed by atoms with Gasteiger partial charge >= 0.3 is 0 Å². The lowest BCUT2D eigenvalue weighted by molar-refractivity contribution is 0.133. The van der Waals surface area contributed by atoms with E-state index in [1.807, 2.05) is 13.0 Å². The molecule has 0 fully saturated rings. The summed E-state index contributed by atoms with van der Waals surface area (Å²) >= 11 is 0. The Bertz CT molecular complexity index is 594. The minimum absolute atomic E-state index is 0.195. The Balaban J connectivity index is 2.71. The van der Waals surface area contributed by atoms with E-state index in [0.717, 1.165) is 22.3 Å². The molecule has 0 saturated carbocycles. The van der Waals surface area contributed by atoms with Crippen LogP contribution in [0.25, 0.3) is 10.9 Å². The predicted molar refractivity (Wildman–Crippen MR) is 76.3 cm³/mol. The smallest absolute Gasteiger partial charge is 0.131 e. The fourth-order valence-corrected chi connectivity index (χ4v) is 2.03. The zero-order valence-electron chi connectivity index (χ0n) is 12.1. The fraction of sp³-hybridized carbons (Fsp3) is 0.438. The molecule has 0 radical (unpaired) electrons. The molecule has 1 aromatic carbocycles. The van der Waals surface area contributed by atoms with Crippen LogP contribution in [0.3, 0.4) is 0 Å². The second kappa shape index (κ2) is 4.27. The molecule has 1 heterocycles. The molecule has 2 nitrogen and oxygen atoms in total. The molecule has 0 aliphatic rings. The van der Waals surface area contributed by atoms with E-state index >= 15 is 0 Å². The summed E-state index contributed by atoms with van der Waals surface area (Å²) in [7, 11) is 0. The molecule has 96 valence electrons. The van der Waals surface area contributed by atoms with Crippen LogP contribution in [-0.4, -0.2) is 10.6 Å². The molecule has 0 spiro atoms. The summed E-state index contributed by atoms with van der Waals surface area (Å²) in [5.41, 5.74) is 4.35. The number of ether oxygens (including phenoxy) is 1. The molecule has 0 atom stereocenters. The van der Waals surface area contributed by atoms with Crippen LogP contribution in [0.15, 0.2) is 18.2 Å². The van der Waals surface area contributed by atoms with E-state index in [9.17, 15) is 0 Å². The van der Waals surface area contributed by atoms with Gasteiger partial charge in [0, 0.05) is 17.1 Å². The molecular weight excluding hydrogens is 222 g/mol. The topological polar surface area (TPSA) is 22.1 Å². The first kappa shape index (κ1) is 12.9. The average Bonchev–Trinajstić information content (AvgIpc) is 2.21. The number of aromatic nitrogens is 1. The van der Waals surface area contributed by atoms with Gasteiger partial charge in [0.15, 0.2) is 0 Å². The lowest BCUT2D eigenvalue weighted by Gasteiger charge is -2.23. The molecule has 0 aliphatic carbocycles. The minimum Gasteiger partial charge on any atom is -0.487 e. The Hall–Kier alpha value is -1.57. The van der Waals surface area contributed by atoms with Crippen molar-refractivity contribution in [2.24, 2.45) is 0 Å². The Morgan fingerprint density at radius 1 is 1.06 bits per heavy atom. The number of pyridine rings is 1.